The maximum Gasteiger partial charge on any atom is 0.322 e. The first-order valence-electron chi connectivity index (χ1n) is 9.60. The molecule has 2 N–H and O–H groups in total. The van der Waals surface area contributed by atoms with Crippen LogP contribution >= 0.6 is 0 Å². The van der Waals surface area contributed by atoms with Crippen LogP contribution in [-0.2, 0) is 14.4 Å². The van der Waals surface area contributed by atoms with E-state index < -0.39 is 11.6 Å². The quantitative estimate of drug-likeness (QED) is 0.739. The Morgan fingerprint density at radius 3 is 2.50 bits per heavy atom. The predicted octanol–water partition coefficient (Wildman–Crippen LogP) is 0.857. The zero-order valence-electron chi connectivity index (χ0n) is 16.1. The van der Waals surface area contributed by atoms with Crippen molar-refractivity contribution < 1.29 is 19.2 Å². The van der Waals surface area contributed by atoms with Crippen molar-refractivity contribution in [3.05, 3.63) is 29.3 Å². The summed E-state index contributed by atoms with van der Waals surface area (Å²) < 4.78 is 0. The number of likely N-dealkylation sites (tertiary alicyclic amines) is 1. The second-order valence-corrected chi connectivity index (χ2v) is 7.94. The topological polar surface area (TPSA) is 98.8 Å². The fraction of sp³-hybridized carbons (Fsp3) is 0.500. The van der Waals surface area contributed by atoms with Gasteiger partial charge in [0.1, 0.15) is 5.54 Å². The van der Waals surface area contributed by atoms with Crippen LogP contribution < -0.4 is 15.5 Å². The van der Waals surface area contributed by atoms with Crippen LogP contribution in [0.5, 0.6) is 0 Å². The molecule has 1 spiro atoms. The van der Waals surface area contributed by atoms with Crippen molar-refractivity contribution in [2.75, 3.05) is 24.5 Å². The second kappa shape index (κ2) is 6.61. The Balaban J connectivity index is 1.43. The Labute approximate surface area is 163 Å². The smallest absolute Gasteiger partial charge is 0.322 e. The molecule has 3 aliphatic heterocycles. The first-order valence-corrected chi connectivity index (χ1v) is 9.60. The summed E-state index contributed by atoms with van der Waals surface area (Å²) in [6.07, 6.45) is 0.973. The molecule has 3 aliphatic rings. The van der Waals surface area contributed by atoms with E-state index in [1.807, 2.05) is 32.0 Å². The highest BCUT2D eigenvalue weighted by atomic mass is 16.2. The summed E-state index contributed by atoms with van der Waals surface area (Å²) in [5.74, 6) is -0.793. The molecule has 3 saturated heterocycles. The Kier molecular flexibility index (Phi) is 4.36. The molecule has 1 aromatic carbocycles. The summed E-state index contributed by atoms with van der Waals surface area (Å²) >= 11 is 0. The number of urea groups is 1. The van der Waals surface area contributed by atoms with Crippen LogP contribution in [0.25, 0.3) is 0 Å². The van der Waals surface area contributed by atoms with Crippen LogP contribution in [0.2, 0.25) is 0 Å². The van der Waals surface area contributed by atoms with Crippen molar-refractivity contribution in [1.29, 1.82) is 0 Å². The summed E-state index contributed by atoms with van der Waals surface area (Å²) in [6, 6.07) is 5.36. The van der Waals surface area contributed by atoms with Gasteiger partial charge in [-0.1, -0.05) is 12.1 Å². The highest BCUT2D eigenvalue weighted by Gasteiger charge is 2.49. The summed E-state index contributed by atoms with van der Waals surface area (Å²) in [6.45, 7) is 5.14. The molecular weight excluding hydrogens is 360 g/mol. The number of hydrogen-bond donors (Lipinski definition) is 2. The first-order chi connectivity index (χ1) is 13.3. The molecule has 3 fully saturated rings. The summed E-state index contributed by atoms with van der Waals surface area (Å²) in [4.78, 5) is 52.5. The van der Waals surface area contributed by atoms with Crippen molar-refractivity contribution in [2.24, 2.45) is 5.92 Å². The minimum atomic E-state index is -0.899. The lowest BCUT2D eigenvalue weighted by atomic mass is 9.87. The number of aryl methyl sites for hydroxylation is 1. The maximum absolute atomic E-state index is 13.0. The Morgan fingerprint density at radius 1 is 1.14 bits per heavy atom. The highest BCUT2D eigenvalue weighted by molar-refractivity contribution is 6.07. The monoisotopic (exact) mass is 384 g/mol. The Morgan fingerprint density at radius 2 is 1.86 bits per heavy atom. The van der Waals surface area contributed by atoms with Gasteiger partial charge in [-0.2, -0.15) is 0 Å². The molecule has 0 aliphatic carbocycles. The minimum absolute atomic E-state index is 0.0389. The van der Waals surface area contributed by atoms with Gasteiger partial charge in [0, 0.05) is 31.7 Å². The molecule has 0 saturated carbocycles. The average Bonchev–Trinajstić information content (AvgIpc) is 3.17. The number of carbonyl (C=O) groups excluding carboxylic acids is 4. The highest BCUT2D eigenvalue weighted by Crippen LogP contribution is 2.32. The SMILES string of the molecule is Cc1cccc(N2CC(C(=O)N3CCC4(CC3)NC(=O)NC4=O)CC2=O)c1C. The second-order valence-electron chi connectivity index (χ2n) is 7.94. The average molecular weight is 384 g/mol. The van der Waals surface area contributed by atoms with Crippen LogP contribution in [0.1, 0.15) is 30.4 Å². The van der Waals surface area contributed by atoms with E-state index in [0.717, 1.165) is 16.8 Å². The first kappa shape index (κ1) is 18.5. The molecule has 1 aromatic rings. The molecule has 4 rings (SSSR count). The van der Waals surface area contributed by atoms with Crippen LogP contribution in [0.3, 0.4) is 0 Å². The molecule has 8 nitrogen and oxygen atoms in total. The van der Waals surface area contributed by atoms with Gasteiger partial charge in [0.05, 0.1) is 5.92 Å². The van der Waals surface area contributed by atoms with Crippen molar-refractivity contribution in [1.82, 2.24) is 15.5 Å². The summed E-state index contributed by atoms with van der Waals surface area (Å²) in [5, 5.41) is 4.97. The van der Waals surface area contributed by atoms with E-state index in [2.05, 4.69) is 10.6 Å². The lowest BCUT2D eigenvalue weighted by Gasteiger charge is -2.37. The van der Waals surface area contributed by atoms with Gasteiger partial charge in [-0.15, -0.1) is 0 Å². The fourth-order valence-corrected chi connectivity index (χ4v) is 4.38. The normalized spacial score (nSPS) is 23.9. The number of imide groups is 1. The van der Waals surface area contributed by atoms with Gasteiger partial charge in [0.25, 0.3) is 5.91 Å². The molecule has 0 aromatic heterocycles. The molecule has 148 valence electrons. The lowest BCUT2D eigenvalue weighted by molar-refractivity contribution is -0.139. The number of anilines is 1. The van der Waals surface area contributed by atoms with Crippen LogP contribution in [-0.4, -0.2) is 53.8 Å². The van der Waals surface area contributed by atoms with E-state index in [1.54, 1.807) is 9.80 Å². The van der Waals surface area contributed by atoms with Crippen LogP contribution in [0.4, 0.5) is 10.5 Å². The van der Waals surface area contributed by atoms with E-state index in [-0.39, 0.29) is 30.1 Å². The van der Waals surface area contributed by atoms with Gasteiger partial charge >= 0.3 is 6.03 Å². The summed E-state index contributed by atoms with van der Waals surface area (Å²) in [5.41, 5.74) is 2.12. The molecule has 8 heteroatoms. The van der Waals surface area contributed by atoms with E-state index in [9.17, 15) is 19.2 Å². The number of carbonyl (C=O) groups is 4. The maximum atomic E-state index is 13.0. The zero-order valence-corrected chi connectivity index (χ0v) is 16.1. The largest absolute Gasteiger partial charge is 0.342 e. The molecule has 5 amide bonds. The standard InChI is InChI=1S/C20H24N4O4/c1-12-4-3-5-15(13(12)2)24-11-14(10-16(24)25)17(26)23-8-6-20(7-9-23)18(27)21-19(28)22-20/h3-5,14H,6-11H2,1-2H3,(H2,21,22,27,28). The Hall–Kier alpha value is -2.90. The zero-order chi connectivity index (χ0) is 20.1. The molecule has 1 unspecified atom stereocenters. The van der Waals surface area contributed by atoms with Gasteiger partial charge < -0.3 is 15.1 Å². The number of hydrogen-bond acceptors (Lipinski definition) is 4. The lowest BCUT2D eigenvalue weighted by Crippen LogP contribution is -2.56. The van der Waals surface area contributed by atoms with Crippen molar-refractivity contribution >= 4 is 29.4 Å². The van der Waals surface area contributed by atoms with Crippen molar-refractivity contribution in [2.45, 2.75) is 38.6 Å². The van der Waals surface area contributed by atoms with Gasteiger partial charge in [-0.3, -0.25) is 19.7 Å². The molecule has 0 radical (unpaired) electrons. The molecule has 28 heavy (non-hydrogen) atoms. The third-order valence-electron chi connectivity index (χ3n) is 6.28. The van der Waals surface area contributed by atoms with Crippen molar-refractivity contribution in [3.8, 4) is 0 Å². The number of rotatable bonds is 2. The van der Waals surface area contributed by atoms with Crippen molar-refractivity contribution in [3.63, 3.8) is 0 Å². The number of amides is 5. The summed E-state index contributed by atoms with van der Waals surface area (Å²) in [7, 11) is 0. The van der Waals surface area contributed by atoms with Gasteiger partial charge in [-0.25, -0.2) is 4.79 Å². The third-order valence-corrected chi connectivity index (χ3v) is 6.28. The third kappa shape index (κ3) is 2.93. The molecular formula is C20H24N4O4. The van der Waals surface area contributed by atoms with Gasteiger partial charge in [0.2, 0.25) is 11.8 Å². The molecule has 0 bridgehead atoms. The number of nitrogens with zero attached hydrogens (tertiary/aromatic N) is 2. The number of benzene rings is 1. The van der Waals surface area contributed by atoms with Crippen LogP contribution in [0, 0.1) is 19.8 Å². The molecule has 3 heterocycles. The fourth-order valence-electron chi connectivity index (χ4n) is 4.38. The molecule has 1 atom stereocenters. The van der Waals surface area contributed by atoms with E-state index in [1.165, 1.54) is 0 Å². The Bertz CT molecular complexity index is 873. The number of nitrogens with one attached hydrogen (secondary N) is 2. The predicted molar refractivity (Wildman–Crippen MR) is 102 cm³/mol. The van der Waals surface area contributed by atoms with E-state index in [4.69, 9.17) is 0 Å². The minimum Gasteiger partial charge on any atom is -0.342 e. The number of piperidine rings is 1. The van der Waals surface area contributed by atoms with E-state index >= 15 is 0 Å². The van der Waals surface area contributed by atoms with Crippen LogP contribution in [0.15, 0.2) is 18.2 Å². The van der Waals surface area contributed by atoms with Gasteiger partial charge in [0.15, 0.2) is 0 Å². The van der Waals surface area contributed by atoms with Gasteiger partial charge in [-0.05, 0) is 43.9 Å². The van der Waals surface area contributed by atoms with E-state index in [0.29, 0.717) is 32.5 Å².